The molecule has 0 aliphatic rings. The van der Waals surface area contributed by atoms with Gasteiger partial charge in [-0.25, -0.2) is 0 Å². The quantitative estimate of drug-likeness (QED) is 0.730. The minimum absolute atomic E-state index is 0.160. The Bertz CT molecular complexity index is 512. The number of benzene rings is 1. The molecule has 19 heavy (non-hydrogen) atoms. The monoisotopic (exact) mass is 278 g/mol. The normalized spacial score (nSPS) is 14.7. The lowest BCUT2D eigenvalue weighted by Gasteiger charge is -2.23. The molecule has 1 aromatic carbocycles. The maximum absolute atomic E-state index is 9.09. The lowest BCUT2D eigenvalue weighted by atomic mass is 10.0. The molecule has 0 spiro atoms. The Kier molecular flexibility index (Phi) is 5.34. The number of aliphatic hydroxyl groups excluding tert-OH is 1. The summed E-state index contributed by atoms with van der Waals surface area (Å²) in [5.41, 5.74) is 7.21. The highest BCUT2D eigenvalue weighted by molar-refractivity contribution is 7.17. The predicted octanol–water partition coefficient (Wildman–Crippen LogP) is 2.65. The summed E-state index contributed by atoms with van der Waals surface area (Å²) in [6.07, 6.45) is 1.77. The first kappa shape index (κ1) is 14.5. The van der Waals surface area contributed by atoms with E-state index in [1.54, 1.807) is 11.3 Å². The van der Waals surface area contributed by atoms with Crippen LogP contribution in [0.15, 0.2) is 29.6 Å². The maximum Gasteiger partial charge on any atom is 0.0461 e. The molecule has 0 aliphatic carbocycles. The number of rotatable bonds is 7. The van der Waals surface area contributed by atoms with Crippen LogP contribution in [0.25, 0.3) is 10.1 Å². The van der Waals surface area contributed by atoms with Gasteiger partial charge in [-0.2, -0.15) is 0 Å². The summed E-state index contributed by atoms with van der Waals surface area (Å²) in [5.74, 6) is 0. The maximum atomic E-state index is 9.09. The first-order valence-corrected chi connectivity index (χ1v) is 7.71. The van der Waals surface area contributed by atoms with Crippen LogP contribution in [0.1, 0.15) is 31.4 Å². The topological polar surface area (TPSA) is 58.3 Å². The molecule has 4 heteroatoms. The zero-order valence-electron chi connectivity index (χ0n) is 11.3. The van der Waals surface area contributed by atoms with Crippen LogP contribution in [0, 0.1) is 0 Å². The van der Waals surface area contributed by atoms with Crippen molar-refractivity contribution < 1.29 is 5.11 Å². The molecule has 2 rings (SSSR count). The lowest BCUT2D eigenvalue weighted by molar-refractivity contribution is 0.256. The largest absolute Gasteiger partial charge is 0.396 e. The van der Waals surface area contributed by atoms with Crippen molar-refractivity contribution in [3.63, 3.8) is 0 Å². The van der Waals surface area contributed by atoms with E-state index in [2.05, 4.69) is 41.9 Å². The summed E-state index contributed by atoms with van der Waals surface area (Å²) in [4.78, 5) is 0. The average Bonchev–Trinajstić information content (AvgIpc) is 2.87. The Morgan fingerprint density at radius 1 is 1.37 bits per heavy atom. The number of hydrogen-bond donors (Lipinski definition) is 3. The number of aliphatic hydroxyl groups is 1. The van der Waals surface area contributed by atoms with Crippen molar-refractivity contribution in [1.29, 1.82) is 0 Å². The van der Waals surface area contributed by atoms with Gasteiger partial charge in [0.2, 0.25) is 0 Å². The minimum Gasteiger partial charge on any atom is -0.396 e. The van der Waals surface area contributed by atoms with Crippen LogP contribution in [0.2, 0.25) is 0 Å². The smallest absolute Gasteiger partial charge is 0.0461 e. The summed E-state index contributed by atoms with van der Waals surface area (Å²) in [6.45, 7) is 2.92. The fraction of sp³-hybridized carbons (Fsp3) is 0.467. The molecule has 2 aromatic rings. The zero-order valence-corrected chi connectivity index (χ0v) is 12.1. The molecule has 0 bridgehead atoms. The summed E-state index contributed by atoms with van der Waals surface area (Å²) in [7, 11) is 0. The molecule has 0 saturated heterocycles. The number of hydrogen-bond acceptors (Lipinski definition) is 4. The van der Waals surface area contributed by atoms with Crippen LogP contribution in [0.4, 0.5) is 0 Å². The summed E-state index contributed by atoms with van der Waals surface area (Å²) in [6, 6.07) is 8.90. The number of nitrogens with one attached hydrogen (secondary N) is 1. The second kappa shape index (κ2) is 7.01. The van der Waals surface area contributed by atoms with Crippen LogP contribution in [-0.2, 0) is 0 Å². The molecule has 0 saturated carbocycles. The highest BCUT2D eigenvalue weighted by atomic mass is 32.1. The van der Waals surface area contributed by atoms with E-state index in [9.17, 15) is 0 Å². The lowest BCUT2D eigenvalue weighted by Crippen LogP contribution is -2.36. The molecule has 1 heterocycles. The van der Waals surface area contributed by atoms with E-state index in [0.29, 0.717) is 12.6 Å². The highest BCUT2D eigenvalue weighted by Gasteiger charge is 2.17. The van der Waals surface area contributed by atoms with Gasteiger partial charge >= 0.3 is 0 Å². The second-order valence-electron chi connectivity index (χ2n) is 4.76. The van der Waals surface area contributed by atoms with Crippen molar-refractivity contribution in [3.8, 4) is 0 Å². The van der Waals surface area contributed by atoms with E-state index < -0.39 is 0 Å². The molecule has 0 fully saturated rings. The highest BCUT2D eigenvalue weighted by Crippen LogP contribution is 2.30. The first-order valence-electron chi connectivity index (χ1n) is 6.83. The average molecular weight is 278 g/mol. The van der Waals surface area contributed by atoms with Crippen LogP contribution >= 0.6 is 11.3 Å². The summed E-state index contributed by atoms with van der Waals surface area (Å²) in [5, 5.41) is 16.1. The van der Waals surface area contributed by atoms with E-state index in [0.717, 1.165) is 12.8 Å². The number of fused-ring (bicyclic) bond motifs is 1. The van der Waals surface area contributed by atoms with Gasteiger partial charge in [0, 0.05) is 29.9 Å². The third-order valence-electron chi connectivity index (χ3n) is 3.53. The third-order valence-corrected chi connectivity index (χ3v) is 4.51. The van der Waals surface area contributed by atoms with Crippen molar-refractivity contribution >= 4 is 21.4 Å². The van der Waals surface area contributed by atoms with Crippen molar-refractivity contribution in [2.45, 2.75) is 31.8 Å². The van der Waals surface area contributed by atoms with Crippen LogP contribution in [0.5, 0.6) is 0 Å². The Balaban J connectivity index is 2.21. The van der Waals surface area contributed by atoms with E-state index in [-0.39, 0.29) is 12.6 Å². The van der Waals surface area contributed by atoms with Gasteiger partial charge in [0.25, 0.3) is 0 Å². The number of thiophene rings is 1. The fourth-order valence-electron chi connectivity index (χ4n) is 2.40. The van der Waals surface area contributed by atoms with Crippen molar-refractivity contribution in [3.05, 3.63) is 35.2 Å². The zero-order chi connectivity index (χ0) is 13.7. The van der Waals surface area contributed by atoms with E-state index in [4.69, 9.17) is 10.8 Å². The second-order valence-corrected chi connectivity index (χ2v) is 5.67. The van der Waals surface area contributed by atoms with Gasteiger partial charge in [-0.15, -0.1) is 11.3 Å². The molecule has 2 atom stereocenters. The Hall–Kier alpha value is -0.940. The van der Waals surface area contributed by atoms with Gasteiger partial charge in [0.15, 0.2) is 0 Å². The van der Waals surface area contributed by atoms with Crippen LogP contribution in [-0.4, -0.2) is 24.3 Å². The molecule has 1 aromatic heterocycles. The third kappa shape index (κ3) is 3.34. The molecule has 0 aliphatic heterocycles. The van der Waals surface area contributed by atoms with Gasteiger partial charge in [-0.05, 0) is 35.2 Å². The molecule has 0 amide bonds. The Morgan fingerprint density at radius 3 is 2.84 bits per heavy atom. The van der Waals surface area contributed by atoms with Crippen LogP contribution in [0.3, 0.4) is 0 Å². The number of nitrogens with two attached hydrogens (primary N) is 1. The first-order chi connectivity index (χ1) is 9.30. The van der Waals surface area contributed by atoms with Crippen molar-refractivity contribution in [1.82, 2.24) is 5.32 Å². The molecule has 3 nitrogen and oxygen atoms in total. The summed E-state index contributed by atoms with van der Waals surface area (Å²) >= 11 is 1.76. The minimum atomic E-state index is 0.160. The SMILES string of the molecule is CCC(CCO)NC(CN)c1csc2ccccc12. The van der Waals surface area contributed by atoms with Crippen molar-refractivity contribution in [2.24, 2.45) is 5.73 Å². The standard InChI is InChI=1S/C15H22N2OS/c1-2-11(7-8-18)17-14(9-16)13-10-19-15-6-4-3-5-12(13)15/h3-6,10-11,14,17-18H,2,7-9,16H2,1H3. The Labute approximate surface area is 118 Å². The van der Waals surface area contributed by atoms with Gasteiger partial charge in [-0.3, -0.25) is 0 Å². The molecule has 4 N–H and O–H groups in total. The predicted molar refractivity (Wildman–Crippen MR) is 82.5 cm³/mol. The molecular formula is C15H22N2OS. The van der Waals surface area contributed by atoms with Gasteiger partial charge in [-0.1, -0.05) is 25.1 Å². The van der Waals surface area contributed by atoms with E-state index in [1.807, 2.05) is 0 Å². The summed E-state index contributed by atoms with van der Waals surface area (Å²) < 4.78 is 1.30. The molecule has 0 radical (unpaired) electrons. The Morgan fingerprint density at radius 2 is 2.16 bits per heavy atom. The van der Waals surface area contributed by atoms with E-state index >= 15 is 0 Å². The van der Waals surface area contributed by atoms with E-state index in [1.165, 1.54) is 15.6 Å². The molecule has 2 unspecified atom stereocenters. The van der Waals surface area contributed by atoms with Gasteiger partial charge < -0.3 is 16.2 Å². The molecular weight excluding hydrogens is 256 g/mol. The van der Waals surface area contributed by atoms with Gasteiger partial charge in [0.05, 0.1) is 0 Å². The van der Waals surface area contributed by atoms with Crippen LogP contribution < -0.4 is 11.1 Å². The fourth-order valence-corrected chi connectivity index (χ4v) is 3.41. The van der Waals surface area contributed by atoms with Gasteiger partial charge in [0.1, 0.15) is 0 Å². The molecule has 104 valence electrons. The van der Waals surface area contributed by atoms with Crippen molar-refractivity contribution in [2.75, 3.05) is 13.2 Å².